The van der Waals surface area contributed by atoms with Gasteiger partial charge in [0.25, 0.3) is 0 Å². The maximum atomic E-state index is 6.31. The number of hydrogen-bond acceptors (Lipinski definition) is 5. The molecule has 0 unspecified atom stereocenters. The van der Waals surface area contributed by atoms with E-state index in [0.717, 1.165) is 28.0 Å². The number of fused-ring (bicyclic) bond motifs is 1. The molecule has 0 radical (unpaired) electrons. The SMILES string of the molecule is Clc1ccccc1N=c1scc(-c2cc3ccccc3o2)n1N=Cc1ccncc1. The number of hydrogen-bond donors (Lipinski definition) is 0. The van der Waals surface area contributed by atoms with Gasteiger partial charge in [0.15, 0.2) is 5.76 Å². The van der Waals surface area contributed by atoms with Crippen LogP contribution in [0.2, 0.25) is 5.02 Å². The van der Waals surface area contributed by atoms with Crippen molar-refractivity contribution in [1.29, 1.82) is 0 Å². The number of furan rings is 1. The van der Waals surface area contributed by atoms with E-state index in [1.54, 1.807) is 23.3 Å². The minimum absolute atomic E-state index is 0.584. The Hall–Kier alpha value is -3.48. The lowest BCUT2D eigenvalue weighted by atomic mass is 10.2. The number of benzene rings is 2. The Balaban J connectivity index is 1.68. The lowest BCUT2D eigenvalue weighted by molar-refractivity contribution is 0.622. The van der Waals surface area contributed by atoms with E-state index in [9.17, 15) is 0 Å². The highest BCUT2D eigenvalue weighted by Gasteiger charge is 2.13. The van der Waals surface area contributed by atoms with Crippen LogP contribution in [-0.4, -0.2) is 15.9 Å². The van der Waals surface area contributed by atoms with Gasteiger partial charge in [-0.15, -0.1) is 11.3 Å². The summed E-state index contributed by atoms with van der Waals surface area (Å²) in [5.41, 5.74) is 3.26. The first-order chi connectivity index (χ1) is 14.8. The van der Waals surface area contributed by atoms with Gasteiger partial charge in [-0.1, -0.05) is 41.9 Å². The fourth-order valence-electron chi connectivity index (χ4n) is 2.99. The number of thiazole rings is 1. The molecule has 3 heterocycles. The summed E-state index contributed by atoms with van der Waals surface area (Å²) in [5, 5.41) is 8.29. The van der Waals surface area contributed by atoms with E-state index in [1.165, 1.54) is 11.3 Å². The average Bonchev–Trinajstić information content (AvgIpc) is 3.38. The van der Waals surface area contributed by atoms with Gasteiger partial charge in [-0.2, -0.15) is 5.10 Å². The van der Waals surface area contributed by atoms with E-state index in [4.69, 9.17) is 21.0 Å². The number of pyridine rings is 1. The summed E-state index contributed by atoms with van der Waals surface area (Å²) >= 11 is 7.79. The van der Waals surface area contributed by atoms with Crippen molar-refractivity contribution in [1.82, 2.24) is 9.66 Å². The molecule has 0 aliphatic carbocycles. The highest BCUT2D eigenvalue weighted by atomic mass is 35.5. The van der Waals surface area contributed by atoms with Gasteiger partial charge in [0.05, 0.1) is 16.9 Å². The fourth-order valence-corrected chi connectivity index (χ4v) is 3.99. The molecule has 5 nitrogen and oxygen atoms in total. The number of aromatic nitrogens is 2. The molecule has 0 N–H and O–H groups in total. The Morgan fingerprint density at radius 2 is 1.80 bits per heavy atom. The van der Waals surface area contributed by atoms with E-state index < -0.39 is 0 Å². The van der Waals surface area contributed by atoms with Gasteiger partial charge in [0.1, 0.15) is 11.3 Å². The second-order valence-electron chi connectivity index (χ2n) is 6.45. The lowest BCUT2D eigenvalue weighted by Crippen LogP contribution is -2.11. The predicted molar refractivity (Wildman–Crippen MR) is 121 cm³/mol. The zero-order valence-corrected chi connectivity index (χ0v) is 17.2. The minimum Gasteiger partial charge on any atom is -0.454 e. The van der Waals surface area contributed by atoms with Crippen LogP contribution in [-0.2, 0) is 0 Å². The number of rotatable bonds is 4. The average molecular weight is 431 g/mol. The number of nitrogens with zero attached hydrogens (tertiary/aromatic N) is 4. The summed E-state index contributed by atoms with van der Waals surface area (Å²) in [5.74, 6) is 0.722. The summed E-state index contributed by atoms with van der Waals surface area (Å²) in [6, 6.07) is 21.2. The maximum Gasteiger partial charge on any atom is 0.211 e. The van der Waals surface area contributed by atoms with Crippen LogP contribution in [0.25, 0.3) is 22.4 Å². The van der Waals surface area contributed by atoms with Gasteiger partial charge in [-0.25, -0.2) is 9.67 Å². The summed E-state index contributed by atoms with van der Waals surface area (Å²) in [7, 11) is 0. The minimum atomic E-state index is 0.584. The molecule has 5 rings (SSSR count). The molecule has 0 fully saturated rings. The van der Waals surface area contributed by atoms with E-state index in [0.29, 0.717) is 15.5 Å². The van der Waals surface area contributed by atoms with Crippen LogP contribution in [0.1, 0.15) is 5.56 Å². The maximum absolute atomic E-state index is 6.31. The molecule has 0 amide bonds. The largest absolute Gasteiger partial charge is 0.454 e. The first kappa shape index (κ1) is 18.5. The topological polar surface area (TPSA) is 55.7 Å². The van der Waals surface area contributed by atoms with Crippen LogP contribution in [0, 0.1) is 0 Å². The van der Waals surface area contributed by atoms with E-state index in [-0.39, 0.29) is 0 Å². The molecule has 3 aromatic heterocycles. The smallest absolute Gasteiger partial charge is 0.211 e. The second-order valence-corrected chi connectivity index (χ2v) is 7.70. The molecule has 0 aliphatic rings. The monoisotopic (exact) mass is 430 g/mol. The van der Waals surface area contributed by atoms with E-state index >= 15 is 0 Å². The predicted octanol–water partition coefficient (Wildman–Crippen LogP) is 6.13. The van der Waals surface area contributed by atoms with Crippen molar-refractivity contribution in [3.05, 3.63) is 99.9 Å². The molecule has 146 valence electrons. The molecular weight excluding hydrogens is 416 g/mol. The van der Waals surface area contributed by atoms with Crippen LogP contribution >= 0.6 is 22.9 Å². The third-order valence-corrected chi connectivity index (χ3v) is 5.60. The van der Waals surface area contributed by atoms with E-state index in [2.05, 4.69) is 10.1 Å². The Bertz CT molecular complexity index is 1380. The Morgan fingerprint density at radius 1 is 1.00 bits per heavy atom. The quantitative estimate of drug-likeness (QED) is 0.322. The van der Waals surface area contributed by atoms with E-state index in [1.807, 2.05) is 72.1 Å². The Kier molecular flexibility index (Phi) is 5.01. The van der Waals surface area contributed by atoms with Crippen molar-refractivity contribution in [3.63, 3.8) is 0 Å². The van der Waals surface area contributed by atoms with Crippen molar-refractivity contribution < 1.29 is 4.42 Å². The highest BCUT2D eigenvalue weighted by molar-refractivity contribution is 7.07. The first-order valence-corrected chi connectivity index (χ1v) is 10.5. The Labute approximate surface area is 181 Å². The summed E-state index contributed by atoms with van der Waals surface area (Å²) in [6.07, 6.45) is 5.23. The molecular formula is C23H15ClN4OS. The van der Waals surface area contributed by atoms with Gasteiger partial charge < -0.3 is 4.42 Å². The van der Waals surface area contributed by atoms with Crippen LogP contribution < -0.4 is 4.80 Å². The first-order valence-electron chi connectivity index (χ1n) is 9.21. The van der Waals surface area contributed by atoms with Crippen molar-refractivity contribution in [2.24, 2.45) is 10.1 Å². The summed E-state index contributed by atoms with van der Waals surface area (Å²) < 4.78 is 7.84. The van der Waals surface area contributed by atoms with Crippen LogP contribution in [0.3, 0.4) is 0 Å². The molecule has 7 heteroatoms. The Morgan fingerprint density at radius 3 is 2.63 bits per heavy atom. The molecule has 0 spiro atoms. The van der Waals surface area contributed by atoms with Gasteiger partial charge in [0.2, 0.25) is 4.80 Å². The number of halogens is 1. The van der Waals surface area contributed by atoms with Crippen molar-refractivity contribution in [2.75, 3.05) is 0 Å². The van der Waals surface area contributed by atoms with Gasteiger partial charge in [-0.05, 0) is 42.0 Å². The van der Waals surface area contributed by atoms with Crippen molar-refractivity contribution in [2.45, 2.75) is 0 Å². The van der Waals surface area contributed by atoms with Crippen LogP contribution in [0.4, 0.5) is 5.69 Å². The molecule has 0 saturated carbocycles. The third-order valence-electron chi connectivity index (χ3n) is 4.46. The molecule has 2 aromatic carbocycles. The van der Waals surface area contributed by atoms with Crippen molar-refractivity contribution in [3.8, 4) is 11.5 Å². The molecule has 5 aromatic rings. The van der Waals surface area contributed by atoms with Gasteiger partial charge in [0, 0.05) is 23.2 Å². The zero-order valence-electron chi connectivity index (χ0n) is 15.6. The normalized spacial score (nSPS) is 12.2. The molecule has 0 aliphatic heterocycles. The highest BCUT2D eigenvalue weighted by Crippen LogP contribution is 2.29. The molecule has 0 saturated heterocycles. The summed E-state index contributed by atoms with van der Waals surface area (Å²) in [6.45, 7) is 0. The standard InChI is InChI=1S/C23H15ClN4OS/c24-18-6-2-3-7-19(18)27-23-28(26-14-16-9-11-25-12-10-16)20(15-30-23)22-13-17-5-1-4-8-21(17)29-22/h1-15H. The second kappa shape index (κ2) is 8.10. The van der Waals surface area contributed by atoms with Crippen molar-refractivity contribution >= 4 is 45.8 Å². The third kappa shape index (κ3) is 3.70. The zero-order chi connectivity index (χ0) is 20.3. The van der Waals surface area contributed by atoms with Crippen LogP contribution in [0.5, 0.6) is 0 Å². The number of para-hydroxylation sites is 2. The van der Waals surface area contributed by atoms with Gasteiger partial charge in [-0.3, -0.25) is 4.98 Å². The molecule has 30 heavy (non-hydrogen) atoms. The lowest BCUT2D eigenvalue weighted by Gasteiger charge is -2.01. The van der Waals surface area contributed by atoms with Crippen LogP contribution in [0.15, 0.2) is 99.0 Å². The van der Waals surface area contributed by atoms with Gasteiger partial charge >= 0.3 is 0 Å². The fraction of sp³-hybridized carbons (Fsp3) is 0. The summed E-state index contributed by atoms with van der Waals surface area (Å²) in [4.78, 5) is 9.47. The molecule has 0 atom stereocenters. The molecule has 0 bridgehead atoms.